The second kappa shape index (κ2) is 12.8. The lowest BCUT2D eigenvalue weighted by atomic mass is 9.43. The molecule has 0 saturated heterocycles. The average molecular weight is 883 g/mol. The van der Waals surface area contributed by atoms with Gasteiger partial charge in [0, 0.05) is 66.4 Å². The molecular formula is C63H55BN2O2. The van der Waals surface area contributed by atoms with E-state index in [1.54, 1.807) is 0 Å². The topological polar surface area (TPSA) is 34.5 Å². The van der Waals surface area contributed by atoms with Gasteiger partial charge in [0.2, 0.25) is 0 Å². The molecular weight excluding hydrogens is 828 g/mol. The molecule has 2 aliphatic heterocycles. The first-order valence-corrected chi connectivity index (χ1v) is 24.5. The summed E-state index contributed by atoms with van der Waals surface area (Å²) in [6, 6.07) is 51.0. The first kappa shape index (κ1) is 40.1. The SMILES string of the molecule is CC(C)(C)c1ccc(N2B3c4cc5oc6ccccc6c5cc4-n4c5ccc(C(C)(C)C)cc5c5c6c(c(c3c54)-c3cc4c(cc32)oc2cc(C(C)(C)C)ccc24)-c2ccccc2C6(C)C)cc1. The number of anilines is 2. The Morgan fingerprint density at radius 3 is 1.87 bits per heavy atom. The third-order valence-electron chi connectivity index (χ3n) is 16.2. The van der Waals surface area contributed by atoms with Crippen molar-refractivity contribution in [2.24, 2.45) is 0 Å². The fourth-order valence-electron chi connectivity index (χ4n) is 12.7. The zero-order chi connectivity index (χ0) is 46.7. The van der Waals surface area contributed by atoms with Gasteiger partial charge in [-0.15, -0.1) is 0 Å². The molecule has 11 aromatic rings. The van der Waals surface area contributed by atoms with Crippen molar-refractivity contribution in [2.75, 3.05) is 4.81 Å². The summed E-state index contributed by atoms with van der Waals surface area (Å²) in [6.07, 6.45) is 0. The summed E-state index contributed by atoms with van der Waals surface area (Å²) in [6.45, 7) is 25.5. The first-order chi connectivity index (χ1) is 32.4. The van der Waals surface area contributed by atoms with E-state index in [9.17, 15) is 0 Å². The summed E-state index contributed by atoms with van der Waals surface area (Å²) in [5.41, 5.74) is 23.8. The minimum atomic E-state index is -0.284. The molecule has 68 heavy (non-hydrogen) atoms. The number of benzene rings is 8. The lowest BCUT2D eigenvalue weighted by Gasteiger charge is -2.43. The van der Waals surface area contributed by atoms with Gasteiger partial charge in [-0.1, -0.05) is 149 Å². The van der Waals surface area contributed by atoms with E-state index >= 15 is 0 Å². The molecule has 0 bridgehead atoms. The van der Waals surface area contributed by atoms with E-state index in [4.69, 9.17) is 8.83 Å². The van der Waals surface area contributed by atoms with E-state index in [0.29, 0.717) is 0 Å². The van der Waals surface area contributed by atoms with Crippen LogP contribution in [0.25, 0.3) is 93.6 Å². The molecule has 0 amide bonds. The van der Waals surface area contributed by atoms with Gasteiger partial charge in [-0.2, -0.15) is 0 Å². The summed E-state index contributed by atoms with van der Waals surface area (Å²) in [7, 11) is 0. The zero-order valence-electron chi connectivity index (χ0n) is 41.0. The van der Waals surface area contributed by atoms with Crippen LogP contribution in [-0.4, -0.2) is 11.4 Å². The number of para-hydroxylation sites is 1. The number of rotatable bonds is 1. The van der Waals surface area contributed by atoms with Crippen molar-refractivity contribution in [1.82, 2.24) is 4.57 Å². The smallest absolute Gasteiger partial charge is 0.333 e. The normalized spacial score (nSPS) is 15.0. The number of aromatic nitrogens is 1. The van der Waals surface area contributed by atoms with E-state index < -0.39 is 0 Å². The second-order valence-corrected chi connectivity index (χ2v) is 23.8. The van der Waals surface area contributed by atoms with Crippen molar-refractivity contribution >= 4 is 94.8 Å². The lowest BCUT2D eigenvalue weighted by molar-refractivity contribution is 0.587. The van der Waals surface area contributed by atoms with Crippen LogP contribution in [-0.2, 0) is 21.7 Å². The molecule has 3 aliphatic rings. The molecule has 14 rings (SSSR count). The molecule has 5 heteroatoms. The summed E-state index contributed by atoms with van der Waals surface area (Å²) < 4.78 is 16.5. The molecule has 0 radical (unpaired) electrons. The van der Waals surface area contributed by atoms with Crippen molar-refractivity contribution < 1.29 is 8.83 Å². The van der Waals surface area contributed by atoms with Crippen molar-refractivity contribution in [3.05, 3.63) is 161 Å². The molecule has 0 N–H and O–H groups in total. The summed E-state index contributed by atoms with van der Waals surface area (Å²) in [5, 5.41) is 7.24. The Bertz CT molecular complexity index is 4060. The fraction of sp³-hybridized carbons (Fsp3) is 0.238. The summed E-state index contributed by atoms with van der Waals surface area (Å²) in [5.74, 6) is 0. The second-order valence-electron chi connectivity index (χ2n) is 23.8. The van der Waals surface area contributed by atoms with Crippen LogP contribution in [0.3, 0.4) is 0 Å². The molecule has 0 fully saturated rings. The van der Waals surface area contributed by atoms with Gasteiger partial charge in [-0.25, -0.2) is 0 Å². The number of furan rings is 2. The molecule has 5 heterocycles. The Labute approximate surface area is 398 Å². The quantitative estimate of drug-likeness (QED) is 0.154. The van der Waals surface area contributed by atoms with Crippen LogP contribution in [0.4, 0.5) is 11.4 Å². The third-order valence-corrected chi connectivity index (χ3v) is 16.2. The van der Waals surface area contributed by atoms with Gasteiger partial charge < -0.3 is 18.2 Å². The Hall–Kier alpha value is -6.98. The molecule has 0 unspecified atom stereocenters. The van der Waals surface area contributed by atoms with Crippen LogP contribution in [0.1, 0.15) is 104 Å². The Morgan fingerprint density at radius 2 is 1.10 bits per heavy atom. The lowest BCUT2D eigenvalue weighted by Crippen LogP contribution is -2.60. The largest absolute Gasteiger partial charge is 0.456 e. The van der Waals surface area contributed by atoms with Crippen LogP contribution in [0.2, 0.25) is 0 Å². The first-order valence-electron chi connectivity index (χ1n) is 24.5. The van der Waals surface area contributed by atoms with Crippen molar-refractivity contribution in [1.29, 1.82) is 0 Å². The molecule has 4 nitrogen and oxygen atoms in total. The highest BCUT2D eigenvalue weighted by atomic mass is 16.3. The van der Waals surface area contributed by atoms with E-state index in [0.717, 1.165) is 55.3 Å². The van der Waals surface area contributed by atoms with Gasteiger partial charge in [0.1, 0.15) is 22.3 Å². The van der Waals surface area contributed by atoms with Crippen molar-refractivity contribution in [3.8, 4) is 27.9 Å². The summed E-state index contributed by atoms with van der Waals surface area (Å²) in [4.78, 5) is 2.64. The standard InChI is InChI=1S/C63H55BN2O2/c1-60(2,3)34-20-24-37(25-21-34)66-48-33-53-41(39-26-22-36(62(7,8)9)29-51(39)68-53)30-44(48)55-54-40-17-12-14-18-45(40)63(10,11)57(54)56-43-28-35(61(4,5)6)23-27-47(43)65-49-31-42-38-16-13-15-19-50(38)67-52(42)32-46(49)64(66)58(55)59(56)65/h12-33H,1-11H3. The van der Waals surface area contributed by atoms with Gasteiger partial charge in [0.15, 0.2) is 0 Å². The number of fused-ring (bicyclic) bond motifs is 19. The van der Waals surface area contributed by atoms with E-state index in [1.807, 2.05) is 0 Å². The maximum atomic E-state index is 7.02. The average Bonchev–Trinajstić information content (AvgIpc) is 4.02. The predicted octanol–water partition coefficient (Wildman–Crippen LogP) is 16.0. The van der Waals surface area contributed by atoms with Gasteiger partial charge >= 0.3 is 6.85 Å². The molecule has 332 valence electrons. The van der Waals surface area contributed by atoms with Crippen LogP contribution in [0.15, 0.2) is 142 Å². The van der Waals surface area contributed by atoms with Gasteiger partial charge in [0.25, 0.3) is 0 Å². The molecule has 3 aromatic heterocycles. The molecule has 0 saturated carbocycles. The van der Waals surface area contributed by atoms with Gasteiger partial charge in [0.05, 0.1) is 11.0 Å². The van der Waals surface area contributed by atoms with Crippen molar-refractivity contribution in [2.45, 2.75) is 97.8 Å². The van der Waals surface area contributed by atoms with Gasteiger partial charge in [-0.3, -0.25) is 0 Å². The Kier molecular flexibility index (Phi) is 7.53. The minimum absolute atomic E-state index is 0.00137. The highest BCUT2D eigenvalue weighted by Gasteiger charge is 2.50. The molecule has 0 spiro atoms. The fourth-order valence-corrected chi connectivity index (χ4v) is 12.7. The number of hydrogen-bond donors (Lipinski definition) is 0. The van der Waals surface area contributed by atoms with Crippen molar-refractivity contribution in [3.63, 3.8) is 0 Å². The minimum Gasteiger partial charge on any atom is -0.456 e. The monoisotopic (exact) mass is 882 g/mol. The summed E-state index contributed by atoms with van der Waals surface area (Å²) >= 11 is 0. The maximum Gasteiger partial charge on any atom is 0.333 e. The highest BCUT2D eigenvalue weighted by molar-refractivity contribution is 6.94. The van der Waals surface area contributed by atoms with E-state index in [-0.39, 0.29) is 28.5 Å². The Balaban J connectivity index is 1.22. The van der Waals surface area contributed by atoms with E-state index in [2.05, 4.69) is 219 Å². The maximum absolute atomic E-state index is 7.02. The molecule has 0 atom stereocenters. The molecule has 8 aromatic carbocycles. The number of hydrogen-bond acceptors (Lipinski definition) is 3. The Morgan fingerprint density at radius 1 is 0.485 bits per heavy atom. The van der Waals surface area contributed by atoms with Crippen LogP contribution < -0.4 is 15.7 Å². The van der Waals surface area contributed by atoms with Crippen LogP contribution >= 0.6 is 0 Å². The molecule has 1 aliphatic carbocycles. The zero-order valence-corrected chi connectivity index (χ0v) is 41.0. The predicted molar refractivity (Wildman–Crippen MR) is 288 cm³/mol. The third kappa shape index (κ3) is 5.12. The number of nitrogens with zero attached hydrogens (tertiary/aromatic N) is 2. The van der Waals surface area contributed by atoms with E-state index in [1.165, 1.54) is 88.5 Å². The van der Waals surface area contributed by atoms with Crippen LogP contribution in [0.5, 0.6) is 0 Å². The highest BCUT2D eigenvalue weighted by Crippen LogP contribution is 2.59. The van der Waals surface area contributed by atoms with Gasteiger partial charge in [-0.05, 0) is 126 Å². The van der Waals surface area contributed by atoms with Crippen LogP contribution in [0, 0.1) is 0 Å².